The highest BCUT2D eigenvalue weighted by Crippen LogP contribution is 2.30. The molecule has 1 heterocycles. The second-order valence-electron chi connectivity index (χ2n) is 2.76. The van der Waals surface area contributed by atoms with E-state index in [-0.39, 0.29) is 24.0 Å². The van der Waals surface area contributed by atoms with Gasteiger partial charge in [-0.05, 0) is 6.92 Å². The Labute approximate surface area is 92.3 Å². The highest BCUT2D eigenvalue weighted by Gasteiger charge is 2.23. The predicted octanol–water partition coefficient (Wildman–Crippen LogP) is 1.38. The Morgan fingerprint density at radius 3 is 2.94 bits per heavy atom. The van der Waals surface area contributed by atoms with Gasteiger partial charge in [-0.1, -0.05) is 12.2 Å². The van der Waals surface area contributed by atoms with Gasteiger partial charge in [-0.3, -0.25) is 10.1 Å². The second kappa shape index (κ2) is 5.64. The van der Waals surface area contributed by atoms with Crippen molar-refractivity contribution in [2.75, 3.05) is 19.0 Å². The Balaban J connectivity index is 3.02. The minimum absolute atomic E-state index is 0.0394. The quantitative estimate of drug-likeness (QED) is 0.461. The van der Waals surface area contributed by atoms with E-state index in [1.54, 1.807) is 19.2 Å². The lowest BCUT2D eigenvalue weighted by molar-refractivity contribution is -0.385. The van der Waals surface area contributed by atoms with Crippen LogP contribution in [0.25, 0.3) is 0 Å². The maximum absolute atomic E-state index is 10.8. The van der Waals surface area contributed by atoms with Crippen molar-refractivity contribution in [1.82, 2.24) is 9.97 Å². The largest absolute Gasteiger partial charge is 0.468 e. The van der Waals surface area contributed by atoms with Crippen LogP contribution in [0.2, 0.25) is 0 Å². The van der Waals surface area contributed by atoms with Crippen LogP contribution < -0.4 is 10.1 Å². The molecule has 86 valence electrons. The summed E-state index contributed by atoms with van der Waals surface area (Å²) in [6, 6.07) is 0. The molecule has 0 amide bonds. The van der Waals surface area contributed by atoms with Crippen molar-refractivity contribution in [1.29, 1.82) is 0 Å². The molecular formula is C9H12N4O3. The summed E-state index contributed by atoms with van der Waals surface area (Å²) in [7, 11) is 1.55. The normalized spacial score (nSPS) is 10.4. The zero-order valence-corrected chi connectivity index (χ0v) is 9.01. The van der Waals surface area contributed by atoms with Crippen LogP contribution in [0, 0.1) is 10.1 Å². The lowest BCUT2D eigenvalue weighted by Crippen LogP contribution is -2.05. The first-order chi connectivity index (χ1) is 7.70. The van der Waals surface area contributed by atoms with Gasteiger partial charge in [-0.2, -0.15) is 4.98 Å². The number of nitro groups is 1. The molecule has 1 aromatic rings. The van der Waals surface area contributed by atoms with E-state index in [9.17, 15) is 10.1 Å². The number of anilines is 1. The lowest BCUT2D eigenvalue weighted by Gasteiger charge is -2.05. The molecule has 16 heavy (non-hydrogen) atoms. The standard InChI is InChI=1S/C9H12N4O3/c1-3-4-5-16-9-7(13(14)15)8(10-2)11-6-12-9/h3-4,6H,5H2,1-2H3,(H,10,11,12)/b4-3+. The first kappa shape index (κ1) is 11.9. The number of aromatic nitrogens is 2. The number of hydrogen-bond donors (Lipinski definition) is 1. The lowest BCUT2D eigenvalue weighted by atomic mass is 10.4. The smallest absolute Gasteiger partial charge is 0.372 e. The third-order valence-corrected chi connectivity index (χ3v) is 1.76. The summed E-state index contributed by atoms with van der Waals surface area (Å²) in [6.07, 6.45) is 4.72. The molecule has 0 bridgehead atoms. The second-order valence-corrected chi connectivity index (χ2v) is 2.76. The van der Waals surface area contributed by atoms with Crippen LogP contribution in [-0.4, -0.2) is 28.5 Å². The fourth-order valence-corrected chi connectivity index (χ4v) is 1.04. The van der Waals surface area contributed by atoms with E-state index in [2.05, 4.69) is 15.3 Å². The van der Waals surface area contributed by atoms with Gasteiger partial charge in [-0.15, -0.1) is 0 Å². The minimum atomic E-state index is -0.573. The van der Waals surface area contributed by atoms with E-state index in [4.69, 9.17) is 4.74 Å². The summed E-state index contributed by atoms with van der Waals surface area (Å²) in [5.41, 5.74) is -0.255. The molecule has 0 fully saturated rings. The Hall–Kier alpha value is -2.18. The van der Waals surface area contributed by atoms with Crippen LogP contribution >= 0.6 is 0 Å². The summed E-state index contributed by atoms with van der Waals surface area (Å²) >= 11 is 0. The first-order valence-electron chi connectivity index (χ1n) is 4.61. The summed E-state index contributed by atoms with van der Waals surface area (Å²) in [5.74, 6) is 0.0953. The van der Waals surface area contributed by atoms with Gasteiger partial charge in [0.15, 0.2) is 0 Å². The monoisotopic (exact) mass is 224 g/mol. The third kappa shape index (κ3) is 2.66. The van der Waals surface area contributed by atoms with Crippen molar-refractivity contribution < 1.29 is 9.66 Å². The molecule has 0 aliphatic heterocycles. The number of rotatable bonds is 5. The molecule has 0 aromatic carbocycles. The van der Waals surface area contributed by atoms with Crippen LogP contribution in [0.4, 0.5) is 11.5 Å². The maximum atomic E-state index is 10.8. The van der Waals surface area contributed by atoms with Crippen molar-refractivity contribution in [2.24, 2.45) is 0 Å². The van der Waals surface area contributed by atoms with Crippen molar-refractivity contribution in [3.63, 3.8) is 0 Å². The van der Waals surface area contributed by atoms with Gasteiger partial charge in [0.25, 0.3) is 5.88 Å². The molecule has 1 rings (SSSR count). The molecule has 0 saturated carbocycles. The van der Waals surface area contributed by atoms with Gasteiger partial charge in [0.05, 0.1) is 4.92 Å². The van der Waals surface area contributed by atoms with Crippen LogP contribution in [-0.2, 0) is 0 Å². The van der Waals surface area contributed by atoms with Gasteiger partial charge in [0.2, 0.25) is 5.82 Å². The predicted molar refractivity (Wildman–Crippen MR) is 58.5 cm³/mol. The van der Waals surface area contributed by atoms with Gasteiger partial charge < -0.3 is 10.1 Å². The van der Waals surface area contributed by atoms with Crippen molar-refractivity contribution in [3.05, 3.63) is 28.6 Å². The van der Waals surface area contributed by atoms with Crippen molar-refractivity contribution in [3.8, 4) is 5.88 Å². The van der Waals surface area contributed by atoms with Gasteiger partial charge in [0.1, 0.15) is 12.9 Å². The summed E-state index contributed by atoms with van der Waals surface area (Å²) in [4.78, 5) is 17.7. The zero-order chi connectivity index (χ0) is 12.0. The van der Waals surface area contributed by atoms with E-state index >= 15 is 0 Å². The molecule has 7 nitrogen and oxygen atoms in total. The molecule has 7 heteroatoms. The van der Waals surface area contributed by atoms with Crippen LogP contribution in [0.15, 0.2) is 18.5 Å². The van der Waals surface area contributed by atoms with Gasteiger partial charge in [0, 0.05) is 7.05 Å². The van der Waals surface area contributed by atoms with Crippen LogP contribution in [0.5, 0.6) is 5.88 Å². The number of nitrogens with zero attached hydrogens (tertiary/aromatic N) is 3. The summed E-state index contributed by atoms with van der Waals surface area (Å²) in [6.45, 7) is 2.06. The average molecular weight is 224 g/mol. The van der Waals surface area contributed by atoms with E-state index < -0.39 is 4.92 Å². The summed E-state index contributed by atoms with van der Waals surface area (Å²) < 4.78 is 5.16. The molecule has 0 saturated heterocycles. The molecule has 0 aliphatic carbocycles. The average Bonchev–Trinajstić information content (AvgIpc) is 2.28. The minimum Gasteiger partial charge on any atom is -0.468 e. The zero-order valence-electron chi connectivity index (χ0n) is 9.01. The van der Waals surface area contributed by atoms with Crippen LogP contribution in [0.3, 0.4) is 0 Å². The topological polar surface area (TPSA) is 90.2 Å². The van der Waals surface area contributed by atoms with Crippen molar-refractivity contribution >= 4 is 11.5 Å². The van der Waals surface area contributed by atoms with E-state index in [0.29, 0.717) is 0 Å². The van der Waals surface area contributed by atoms with E-state index in [0.717, 1.165) is 0 Å². The van der Waals surface area contributed by atoms with Gasteiger partial charge in [-0.25, -0.2) is 4.98 Å². The molecule has 0 atom stereocenters. The van der Waals surface area contributed by atoms with Crippen molar-refractivity contribution in [2.45, 2.75) is 6.92 Å². The Kier molecular flexibility index (Phi) is 4.19. The number of allylic oxidation sites excluding steroid dienone is 1. The third-order valence-electron chi connectivity index (χ3n) is 1.76. The first-order valence-corrected chi connectivity index (χ1v) is 4.61. The molecule has 0 spiro atoms. The van der Waals surface area contributed by atoms with Gasteiger partial charge >= 0.3 is 5.69 Å². The highest BCUT2D eigenvalue weighted by atomic mass is 16.6. The Morgan fingerprint density at radius 1 is 1.62 bits per heavy atom. The molecule has 0 radical (unpaired) electrons. The molecule has 1 aromatic heterocycles. The number of hydrogen-bond acceptors (Lipinski definition) is 6. The Morgan fingerprint density at radius 2 is 2.38 bits per heavy atom. The molecule has 0 unspecified atom stereocenters. The maximum Gasteiger partial charge on any atom is 0.372 e. The fraction of sp³-hybridized carbons (Fsp3) is 0.333. The summed E-state index contributed by atoms with van der Waals surface area (Å²) in [5, 5.41) is 13.4. The fourth-order valence-electron chi connectivity index (χ4n) is 1.04. The number of nitrogens with one attached hydrogen (secondary N) is 1. The van der Waals surface area contributed by atoms with Crippen LogP contribution in [0.1, 0.15) is 6.92 Å². The number of ether oxygens (including phenoxy) is 1. The highest BCUT2D eigenvalue weighted by molar-refractivity contribution is 5.60. The van der Waals surface area contributed by atoms with E-state index in [1.165, 1.54) is 6.33 Å². The Bertz CT molecular complexity index is 406. The molecular weight excluding hydrogens is 212 g/mol. The van der Waals surface area contributed by atoms with E-state index in [1.807, 2.05) is 6.92 Å². The molecule has 1 N–H and O–H groups in total. The molecule has 0 aliphatic rings. The SMILES string of the molecule is C/C=C/COc1ncnc(NC)c1[N+](=O)[O-].